The number of rotatable bonds is 12. The minimum atomic E-state index is -1.83. The summed E-state index contributed by atoms with van der Waals surface area (Å²) < 4.78 is 61.1. The normalized spacial score (nSPS) is 52.6. The Bertz CT molecular complexity index is 1670. The van der Waals surface area contributed by atoms with Gasteiger partial charge in [0.1, 0.15) is 47.8 Å². The fourth-order valence-corrected chi connectivity index (χ4v) is 13.5. The van der Waals surface area contributed by atoms with Gasteiger partial charge in [0.05, 0.1) is 53.7 Å². The largest absolute Gasteiger partial charge is 0.456 e. The Balaban J connectivity index is 0.959. The van der Waals surface area contributed by atoms with Crippen LogP contribution in [0.4, 0.5) is 0 Å². The molecule has 17 nitrogen and oxygen atoms in total. The van der Waals surface area contributed by atoms with E-state index in [0.29, 0.717) is 50.5 Å². The van der Waals surface area contributed by atoms with Gasteiger partial charge in [-0.3, -0.25) is 0 Å². The van der Waals surface area contributed by atoms with Crippen molar-refractivity contribution in [3.05, 3.63) is 11.6 Å². The van der Waals surface area contributed by atoms with E-state index < -0.39 is 126 Å². The fourth-order valence-electron chi connectivity index (χ4n) is 13.5. The number of aliphatic hydroxyl groups is 6. The molecule has 6 N–H and O–H groups in total. The first-order chi connectivity index (χ1) is 30.1. The van der Waals surface area contributed by atoms with Crippen molar-refractivity contribution in [2.45, 2.75) is 235 Å². The molecule has 3 saturated heterocycles. The van der Waals surface area contributed by atoms with Crippen molar-refractivity contribution in [1.82, 2.24) is 0 Å². The van der Waals surface area contributed by atoms with Gasteiger partial charge in [0, 0.05) is 39.7 Å². The monoisotopic (exact) mass is 915 g/mol. The zero-order valence-corrected chi connectivity index (χ0v) is 39.7. The zero-order chi connectivity index (χ0) is 46.9. The van der Waals surface area contributed by atoms with E-state index in [1.54, 1.807) is 54.9 Å². The van der Waals surface area contributed by atoms with E-state index in [0.717, 1.165) is 0 Å². The first kappa shape index (κ1) is 50.5. The van der Waals surface area contributed by atoms with Crippen LogP contribution in [0.2, 0.25) is 0 Å². The molecule has 3 heterocycles. The quantitative estimate of drug-likeness (QED) is 0.0940. The molecule has 0 aromatic rings. The Morgan fingerprint density at radius 1 is 0.719 bits per heavy atom. The number of carbonyl (C=O) groups excluding carboxylic acids is 1. The van der Waals surface area contributed by atoms with Crippen LogP contribution in [0.5, 0.6) is 0 Å². The maximum Gasteiger partial charge on any atom is 0.333 e. The van der Waals surface area contributed by atoms with Crippen LogP contribution in [0.15, 0.2) is 11.6 Å². The Labute approximate surface area is 378 Å². The third kappa shape index (κ3) is 8.14. The summed E-state index contributed by atoms with van der Waals surface area (Å²) >= 11 is 0. The number of methoxy groups -OCH3 is 3. The molecule has 0 aromatic carbocycles. The Kier molecular flexibility index (Phi) is 14.9. The first-order valence-corrected chi connectivity index (χ1v) is 23.6. The molecule has 368 valence electrons. The molecule has 4 aliphatic carbocycles. The van der Waals surface area contributed by atoms with E-state index in [1.807, 2.05) is 13.8 Å². The highest BCUT2D eigenvalue weighted by Crippen LogP contribution is 2.72. The maximum absolute atomic E-state index is 12.8. The summed E-state index contributed by atoms with van der Waals surface area (Å²) in [4.78, 5) is 12.8. The van der Waals surface area contributed by atoms with Crippen molar-refractivity contribution in [1.29, 1.82) is 0 Å². The number of carbonyl (C=O) groups is 1. The molecule has 0 spiro atoms. The number of aliphatic hydroxyl groups excluding tert-OH is 3. The van der Waals surface area contributed by atoms with Crippen molar-refractivity contribution in [2.75, 3.05) is 21.3 Å². The van der Waals surface area contributed by atoms with E-state index in [9.17, 15) is 35.4 Å². The molecule has 17 heteroatoms. The lowest BCUT2D eigenvalue weighted by molar-refractivity contribution is -0.353. The predicted octanol–water partition coefficient (Wildman–Crippen LogP) is 2.80. The minimum Gasteiger partial charge on any atom is -0.456 e. The number of esters is 1. The average Bonchev–Trinajstić information content (AvgIpc) is 3.49. The highest BCUT2D eigenvalue weighted by Gasteiger charge is 2.81. The molecule has 7 aliphatic rings. The number of ether oxygens (including phenoxy) is 10. The Hall–Kier alpha value is -1.39. The third-order valence-electron chi connectivity index (χ3n) is 17.8. The van der Waals surface area contributed by atoms with Crippen LogP contribution in [0, 0.1) is 22.7 Å². The van der Waals surface area contributed by atoms with Crippen molar-refractivity contribution >= 4 is 5.97 Å². The molecule has 4 saturated carbocycles. The second-order valence-electron chi connectivity index (χ2n) is 20.7. The second-order valence-corrected chi connectivity index (χ2v) is 20.7. The van der Waals surface area contributed by atoms with Crippen molar-refractivity contribution in [3.8, 4) is 0 Å². The summed E-state index contributed by atoms with van der Waals surface area (Å²) in [5.74, 6) is -0.890. The van der Waals surface area contributed by atoms with Crippen molar-refractivity contribution in [2.24, 2.45) is 22.7 Å². The predicted molar refractivity (Wildman–Crippen MR) is 227 cm³/mol. The topological polar surface area (TPSA) is 231 Å². The molecule has 64 heavy (non-hydrogen) atoms. The van der Waals surface area contributed by atoms with Gasteiger partial charge in [-0.1, -0.05) is 19.9 Å². The second kappa shape index (κ2) is 18.8. The standard InChI is InChI=1S/C47H78O17/c1-12-23(2)41(51)61-27(6)45(52)17-18-47(54)44(45,8)33(48)22-32-43(7)15-14-29(19-28(43)13-16-46(32,47)53)62-34-20-30(55-9)38(25(4)58-34)63-35-21-31(56-10)39(26(5)59-35)64-42-37(50)40(57-11)36(49)24(3)60-42/h12,24-40,42,48-50,52-54H,13-22H2,1-11H3/b23-12+/t24-,25-,26-,27?,28+,29+,30+,31+,32-,33-,34+,35+,36-,37-,38-,39-,40+,42+,43+,44-,45-,46+,47-/m1/s1. The molecule has 23 atom stereocenters. The van der Waals surface area contributed by atoms with E-state index in [1.165, 1.54) is 7.11 Å². The van der Waals surface area contributed by atoms with Crippen LogP contribution >= 0.6 is 0 Å². The Morgan fingerprint density at radius 3 is 1.92 bits per heavy atom. The number of hydrogen-bond donors (Lipinski definition) is 6. The maximum atomic E-state index is 12.8. The van der Waals surface area contributed by atoms with Gasteiger partial charge in [-0.15, -0.1) is 0 Å². The summed E-state index contributed by atoms with van der Waals surface area (Å²) in [6, 6.07) is 0. The van der Waals surface area contributed by atoms with E-state index in [-0.39, 0.29) is 37.4 Å². The minimum absolute atomic E-state index is 0.0553. The summed E-state index contributed by atoms with van der Waals surface area (Å²) in [5.41, 5.74) is -6.81. The molecular weight excluding hydrogens is 837 g/mol. The van der Waals surface area contributed by atoms with Gasteiger partial charge >= 0.3 is 5.97 Å². The molecule has 0 amide bonds. The molecule has 3 aliphatic heterocycles. The van der Waals surface area contributed by atoms with E-state index in [4.69, 9.17) is 47.4 Å². The van der Waals surface area contributed by atoms with Crippen LogP contribution in [0.1, 0.15) is 120 Å². The van der Waals surface area contributed by atoms with Gasteiger partial charge in [-0.25, -0.2) is 4.79 Å². The number of fused-ring (bicyclic) bond motifs is 5. The van der Waals surface area contributed by atoms with Gasteiger partial charge in [0.25, 0.3) is 0 Å². The van der Waals surface area contributed by atoms with Crippen LogP contribution in [0.25, 0.3) is 0 Å². The highest BCUT2D eigenvalue weighted by atomic mass is 16.8. The average molecular weight is 915 g/mol. The van der Waals surface area contributed by atoms with Crippen LogP contribution in [0.3, 0.4) is 0 Å². The lowest BCUT2D eigenvalue weighted by Crippen LogP contribution is -2.79. The van der Waals surface area contributed by atoms with Gasteiger partial charge in [-0.05, 0) is 110 Å². The lowest BCUT2D eigenvalue weighted by Gasteiger charge is -2.69. The molecule has 0 radical (unpaired) electrons. The Morgan fingerprint density at radius 2 is 1.33 bits per heavy atom. The molecule has 7 fully saturated rings. The van der Waals surface area contributed by atoms with Gasteiger partial charge < -0.3 is 78.0 Å². The van der Waals surface area contributed by atoms with Crippen LogP contribution in [-0.2, 0) is 52.2 Å². The fraction of sp³-hybridized carbons (Fsp3) is 0.936. The molecule has 1 unspecified atom stereocenters. The van der Waals surface area contributed by atoms with E-state index >= 15 is 0 Å². The third-order valence-corrected chi connectivity index (χ3v) is 17.8. The lowest BCUT2D eigenvalue weighted by atomic mass is 9.40. The SMILES string of the molecule is C/C=C(\C)C(=O)OC(C)[C@]1(O)CC[C@@]2(O)[C@]1(C)[C@H](O)C[C@@H]1[C@@]3(C)CC[C@H](O[C@H]4C[C@H](OC)[C@H](O[C@H]5C[C@H](OC)[C@H](O[C@@H]6O[C@H](C)[C@@H](O)[C@H](OC)[C@H]6O)[C@@H](C)O5)[C@@H](C)O4)C[C@@H]3CC[C@]12O. The van der Waals surface area contributed by atoms with Crippen molar-refractivity contribution in [3.63, 3.8) is 0 Å². The summed E-state index contributed by atoms with van der Waals surface area (Å²) in [6.45, 7) is 14.2. The van der Waals surface area contributed by atoms with Gasteiger partial charge in [0.2, 0.25) is 0 Å². The first-order valence-electron chi connectivity index (χ1n) is 23.6. The number of allylic oxidation sites excluding steroid dienone is 1. The highest BCUT2D eigenvalue weighted by molar-refractivity contribution is 5.87. The van der Waals surface area contributed by atoms with E-state index in [2.05, 4.69) is 6.92 Å². The van der Waals surface area contributed by atoms with Crippen LogP contribution in [-0.4, -0.2) is 173 Å². The molecule has 0 bridgehead atoms. The summed E-state index contributed by atoms with van der Waals surface area (Å²) in [6.07, 6.45) is -5.69. The zero-order valence-electron chi connectivity index (χ0n) is 39.7. The molecular formula is C47H78O17. The smallest absolute Gasteiger partial charge is 0.333 e. The van der Waals surface area contributed by atoms with Crippen LogP contribution < -0.4 is 0 Å². The molecule has 0 aromatic heterocycles. The summed E-state index contributed by atoms with van der Waals surface area (Å²) in [7, 11) is 4.63. The van der Waals surface area contributed by atoms with Crippen molar-refractivity contribution < 1.29 is 82.8 Å². The molecule has 7 rings (SSSR count). The van der Waals surface area contributed by atoms with Gasteiger partial charge in [-0.2, -0.15) is 0 Å². The number of hydrogen-bond acceptors (Lipinski definition) is 17. The summed E-state index contributed by atoms with van der Waals surface area (Å²) in [5, 5.41) is 71.3. The van der Waals surface area contributed by atoms with Gasteiger partial charge in [0.15, 0.2) is 18.9 Å².